The Morgan fingerprint density at radius 2 is 1.29 bits per heavy atom. The van der Waals surface area contributed by atoms with E-state index in [1.165, 1.54) is 4.90 Å². The van der Waals surface area contributed by atoms with Gasteiger partial charge in [-0.3, -0.25) is 14.6 Å². The van der Waals surface area contributed by atoms with Crippen LogP contribution in [-0.2, 0) is 0 Å². The number of imide groups is 1. The minimum absolute atomic E-state index is 0.307. The van der Waals surface area contributed by atoms with Crippen molar-refractivity contribution in [2.75, 3.05) is 4.90 Å². The van der Waals surface area contributed by atoms with E-state index in [1.54, 1.807) is 24.3 Å². The molecule has 4 aromatic rings. The number of fused-ring (bicyclic) bond motifs is 2. The molecule has 3 aromatic carbocycles. The highest BCUT2D eigenvalue weighted by Gasteiger charge is 2.39. The Labute approximate surface area is 162 Å². The zero-order valence-corrected chi connectivity index (χ0v) is 15.2. The number of carbonyl (C=O) groups is 2. The van der Waals surface area contributed by atoms with Crippen LogP contribution in [0.15, 0.2) is 78.9 Å². The molecule has 1 aliphatic heterocycles. The highest BCUT2D eigenvalue weighted by molar-refractivity contribution is 6.36. The average molecular weight is 364 g/mol. The molecule has 134 valence electrons. The molecule has 1 aliphatic rings. The van der Waals surface area contributed by atoms with E-state index in [9.17, 15) is 9.59 Å². The molecule has 2 heterocycles. The lowest BCUT2D eigenvalue weighted by molar-refractivity contribution is 0.0926. The molecule has 0 fully saturated rings. The summed E-state index contributed by atoms with van der Waals surface area (Å²) in [5, 5.41) is 0.908. The molecular formula is C24H16N2O2. The Balaban J connectivity index is 1.85. The number of benzene rings is 3. The van der Waals surface area contributed by atoms with Crippen LogP contribution < -0.4 is 4.90 Å². The first-order chi connectivity index (χ1) is 13.7. The third-order valence-corrected chi connectivity index (χ3v) is 5.12. The van der Waals surface area contributed by atoms with Crippen molar-refractivity contribution in [3.8, 4) is 11.1 Å². The maximum absolute atomic E-state index is 13.2. The highest BCUT2D eigenvalue weighted by Crippen LogP contribution is 2.41. The number of nitrogens with zero attached hydrogens (tertiary/aromatic N) is 2. The SMILES string of the molecule is Cc1nc2ccccc2c(-c2ccccc2)c1N1C(=O)c2ccccc2C1=O. The fraction of sp³-hybridized carbons (Fsp3) is 0.0417. The first-order valence-corrected chi connectivity index (χ1v) is 9.09. The molecule has 0 atom stereocenters. The molecule has 5 rings (SSSR count). The number of pyridine rings is 1. The second-order valence-corrected chi connectivity index (χ2v) is 6.80. The second kappa shape index (κ2) is 6.13. The van der Waals surface area contributed by atoms with Gasteiger partial charge in [-0.2, -0.15) is 0 Å². The Hall–Kier alpha value is -3.79. The van der Waals surface area contributed by atoms with Crippen LogP contribution in [0, 0.1) is 6.92 Å². The molecule has 4 nitrogen and oxygen atoms in total. The summed E-state index contributed by atoms with van der Waals surface area (Å²) >= 11 is 0. The minimum atomic E-state index is -0.307. The fourth-order valence-corrected chi connectivity index (χ4v) is 3.89. The van der Waals surface area contributed by atoms with Crippen molar-refractivity contribution in [2.45, 2.75) is 6.92 Å². The van der Waals surface area contributed by atoms with Crippen molar-refractivity contribution in [2.24, 2.45) is 0 Å². The van der Waals surface area contributed by atoms with E-state index in [1.807, 2.05) is 61.5 Å². The van der Waals surface area contributed by atoms with Gasteiger partial charge in [-0.25, -0.2) is 4.90 Å². The predicted molar refractivity (Wildman–Crippen MR) is 109 cm³/mol. The summed E-state index contributed by atoms with van der Waals surface area (Å²) < 4.78 is 0. The van der Waals surface area contributed by atoms with Crippen LogP contribution in [0.2, 0.25) is 0 Å². The van der Waals surface area contributed by atoms with Gasteiger partial charge in [0.15, 0.2) is 0 Å². The van der Waals surface area contributed by atoms with Crippen molar-refractivity contribution in [1.82, 2.24) is 4.98 Å². The van der Waals surface area contributed by atoms with Crippen molar-refractivity contribution >= 4 is 28.4 Å². The summed E-state index contributed by atoms with van der Waals surface area (Å²) in [5.74, 6) is -0.615. The molecule has 4 heteroatoms. The van der Waals surface area contributed by atoms with E-state index >= 15 is 0 Å². The summed E-state index contributed by atoms with van der Waals surface area (Å²) in [4.78, 5) is 32.3. The molecule has 1 aromatic heterocycles. The van der Waals surface area contributed by atoms with Gasteiger partial charge < -0.3 is 0 Å². The maximum atomic E-state index is 13.2. The van der Waals surface area contributed by atoms with Crippen LogP contribution in [0.5, 0.6) is 0 Å². The van der Waals surface area contributed by atoms with Crippen LogP contribution >= 0.6 is 0 Å². The Kier molecular flexibility index (Phi) is 3.59. The summed E-state index contributed by atoms with van der Waals surface area (Å²) in [6, 6.07) is 24.6. The number of aryl methyl sites for hydroxylation is 1. The van der Waals surface area contributed by atoms with Gasteiger partial charge in [0.05, 0.1) is 28.0 Å². The van der Waals surface area contributed by atoms with Crippen molar-refractivity contribution in [3.63, 3.8) is 0 Å². The molecule has 0 unspecified atom stereocenters. The first kappa shape index (κ1) is 16.4. The van der Waals surface area contributed by atoms with Gasteiger partial charge in [0.25, 0.3) is 11.8 Å². The molecular weight excluding hydrogens is 348 g/mol. The van der Waals surface area contributed by atoms with Crippen LogP contribution in [0.3, 0.4) is 0 Å². The van der Waals surface area contributed by atoms with Gasteiger partial charge in [0.2, 0.25) is 0 Å². The average Bonchev–Trinajstić information content (AvgIpc) is 2.98. The summed E-state index contributed by atoms with van der Waals surface area (Å²) in [6.07, 6.45) is 0. The molecule has 28 heavy (non-hydrogen) atoms. The summed E-state index contributed by atoms with van der Waals surface area (Å²) in [6.45, 7) is 1.84. The lowest BCUT2D eigenvalue weighted by Gasteiger charge is -2.22. The quantitative estimate of drug-likeness (QED) is 0.470. The lowest BCUT2D eigenvalue weighted by Crippen LogP contribution is -2.31. The Bertz CT molecular complexity index is 1230. The zero-order chi connectivity index (χ0) is 19.3. The van der Waals surface area contributed by atoms with E-state index in [0.29, 0.717) is 22.5 Å². The van der Waals surface area contributed by atoms with Gasteiger partial charge in [-0.05, 0) is 30.7 Å². The number of amides is 2. The van der Waals surface area contributed by atoms with Crippen molar-refractivity contribution in [1.29, 1.82) is 0 Å². The van der Waals surface area contributed by atoms with Gasteiger partial charge in [-0.15, -0.1) is 0 Å². The number of carbonyl (C=O) groups excluding carboxylic acids is 2. The fourth-order valence-electron chi connectivity index (χ4n) is 3.89. The minimum Gasteiger partial charge on any atom is -0.268 e. The molecule has 0 radical (unpaired) electrons. The van der Waals surface area contributed by atoms with Crippen LogP contribution in [-0.4, -0.2) is 16.8 Å². The second-order valence-electron chi connectivity index (χ2n) is 6.80. The first-order valence-electron chi connectivity index (χ1n) is 9.09. The largest absolute Gasteiger partial charge is 0.268 e. The smallest absolute Gasteiger partial charge is 0.266 e. The number of aromatic nitrogens is 1. The van der Waals surface area contributed by atoms with E-state index in [2.05, 4.69) is 0 Å². The van der Waals surface area contributed by atoms with Gasteiger partial charge in [0, 0.05) is 10.9 Å². The normalized spacial score (nSPS) is 13.2. The van der Waals surface area contributed by atoms with Gasteiger partial charge >= 0.3 is 0 Å². The number of hydrogen-bond acceptors (Lipinski definition) is 3. The zero-order valence-electron chi connectivity index (χ0n) is 15.2. The number of hydrogen-bond donors (Lipinski definition) is 0. The third kappa shape index (κ3) is 2.28. The molecule has 2 amide bonds. The van der Waals surface area contributed by atoms with E-state index in [0.717, 1.165) is 22.0 Å². The van der Waals surface area contributed by atoms with E-state index in [4.69, 9.17) is 4.98 Å². The Morgan fingerprint density at radius 3 is 1.96 bits per heavy atom. The Morgan fingerprint density at radius 1 is 0.714 bits per heavy atom. The predicted octanol–water partition coefficient (Wildman–Crippen LogP) is 5.01. The van der Waals surface area contributed by atoms with E-state index < -0.39 is 0 Å². The molecule has 0 N–H and O–H groups in total. The highest BCUT2D eigenvalue weighted by atomic mass is 16.2. The summed E-state index contributed by atoms with van der Waals surface area (Å²) in [7, 11) is 0. The maximum Gasteiger partial charge on any atom is 0.266 e. The van der Waals surface area contributed by atoms with Crippen LogP contribution in [0.4, 0.5) is 5.69 Å². The molecule has 0 aliphatic carbocycles. The van der Waals surface area contributed by atoms with Gasteiger partial charge in [0.1, 0.15) is 0 Å². The number of anilines is 1. The van der Waals surface area contributed by atoms with E-state index in [-0.39, 0.29) is 11.8 Å². The van der Waals surface area contributed by atoms with Crippen LogP contribution in [0.1, 0.15) is 26.4 Å². The molecule has 0 spiro atoms. The summed E-state index contributed by atoms with van der Waals surface area (Å²) in [5.41, 5.74) is 4.68. The third-order valence-electron chi connectivity index (χ3n) is 5.12. The number of rotatable bonds is 2. The lowest BCUT2D eigenvalue weighted by atomic mass is 9.97. The standard InChI is InChI=1S/C24H16N2O2/c1-15-22(26-23(27)17-11-5-6-12-18(17)24(26)28)21(16-9-3-2-4-10-16)19-13-7-8-14-20(19)25-15/h2-14H,1H3. The van der Waals surface area contributed by atoms with Crippen molar-refractivity contribution < 1.29 is 9.59 Å². The van der Waals surface area contributed by atoms with Crippen molar-refractivity contribution in [3.05, 3.63) is 95.7 Å². The molecule has 0 bridgehead atoms. The molecule has 0 saturated heterocycles. The van der Waals surface area contributed by atoms with Gasteiger partial charge in [-0.1, -0.05) is 60.7 Å². The van der Waals surface area contributed by atoms with Crippen LogP contribution in [0.25, 0.3) is 22.0 Å². The topological polar surface area (TPSA) is 50.3 Å². The molecule has 0 saturated carbocycles. The monoisotopic (exact) mass is 364 g/mol. The number of para-hydroxylation sites is 1.